The number of hydrogen-bond acceptors (Lipinski definition) is 5. The zero-order valence-corrected chi connectivity index (χ0v) is 20.0. The van der Waals surface area contributed by atoms with Crippen molar-refractivity contribution >= 4 is 15.9 Å². The highest BCUT2D eigenvalue weighted by molar-refractivity contribution is 7.89. The van der Waals surface area contributed by atoms with Crippen LogP contribution in [0.1, 0.15) is 32.6 Å². The van der Waals surface area contributed by atoms with Crippen molar-refractivity contribution in [2.45, 2.75) is 32.6 Å². The van der Waals surface area contributed by atoms with Gasteiger partial charge in [-0.1, -0.05) is 6.07 Å². The summed E-state index contributed by atoms with van der Waals surface area (Å²) in [5.74, 6) is 0.0833. The molecule has 0 aliphatic carbocycles. The first-order valence-electron chi connectivity index (χ1n) is 10.7. The van der Waals surface area contributed by atoms with Crippen LogP contribution in [-0.4, -0.2) is 54.7 Å². The average molecular weight is 470 g/mol. The van der Waals surface area contributed by atoms with E-state index in [1.807, 2.05) is 33.8 Å². The fourth-order valence-corrected chi connectivity index (χ4v) is 6.21. The number of benzene rings is 1. The second-order valence-electron chi connectivity index (χ2n) is 8.38. The molecule has 33 heavy (non-hydrogen) atoms. The molecule has 174 valence electrons. The van der Waals surface area contributed by atoms with Gasteiger partial charge < -0.3 is 14.3 Å². The van der Waals surface area contributed by atoms with Crippen LogP contribution in [0.25, 0.3) is 11.5 Å². The van der Waals surface area contributed by atoms with Crippen LogP contribution in [0.3, 0.4) is 0 Å². The van der Waals surface area contributed by atoms with Gasteiger partial charge in [0, 0.05) is 26.2 Å². The topological polar surface area (TPSA) is 104 Å². The summed E-state index contributed by atoms with van der Waals surface area (Å²) < 4.78 is 33.6. The monoisotopic (exact) mass is 469 g/mol. The minimum absolute atomic E-state index is 0.0163. The number of carbonyl (C=O) groups is 1. The SMILES string of the molecule is Cc1cc(C)c(C)c(S(=O)(=O)N2CCN(C(=O)c3ccc(-c4ccco4)[nH]c3=O)CC2)c1C. The van der Waals surface area contributed by atoms with Crippen molar-refractivity contribution in [3.63, 3.8) is 0 Å². The summed E-state index contributed by atoms with van der Waals surface area (Å²) >= 11 is 0. The molecule has 0 bridgehead atoms. The third-order valence-corrected chi connectivity index (χ3v) is 8.52. The molecular weight excluding hydrogens is 442 g/mol. The summed E-state index contributed by atoms with van der Waals surface area (Å²) in [6.07, 6.45) is 1.50. The first-order valence-corrected chi connectivity index (χ1v) is 12.2. The number of aromatic nitrogens is 1. The zero-order valence-electron chi connectivity index (χ0n) is 19.1. The Kier molecular flexibility index (Phi) is 6.02. The maximum absolute atomic E-state index is 13.4. The third-order valence-electron chi connectivity index (χ3n) is 6.35. The lowest BCUT2D eigenvalue weighted by Crippen LogP contribution is -2.51. The first-order chi connectivity index (χ1) is 15.6. The molecule has 1 fully saturated rings. The van der Waals surface area contributed by atoms with Gasteiger partial charge in [0.05, 0.1) is 16.9 Å². The van der Waals surface area contributed by atoms with Crippen molar-refractivity contribution in [3.05, 3.63) is 74.8 Å². The second kappa shape index (κ2) is 8.64. The molecule has 0 spiro atoms. The fourth-order valence-electron chi connectivity index (χ4n) is 4.22. The Morgan fingerprint density at radius 1 is 0.970 bits per heavy atom. The molecule has 1 aromatic carbocycles. The van der Waals surface area contributed by atoms with Crippen LogP contribution in [0, 0.1) is 27.7 Å². The summed E-state index contributed by atoms with van der Waals surface area (Å²) in [4.78, 5) is 30.0. The van der Waals surface area contributed by atoms with Crippen LogP contribution in [0.15, 0.2) is 50.7 Å². The van der Waals surface area contributed by atoms with Crippen molar-refractivity contribution in [3.8, 4) is 11.5 Å². The summed E-state index contributed by atoms with van der Waals surface area (Å²) in [5.41, 5.74) is 3.36. The second-order valence-corrected chi connectivity index (χ2v) is 10.3. The molecule has 3 heterocycles. The Morgan fingerprint density at radius 3 is 2.15 bits per heavy atom. The molecule has 1 saturated heterocycles. The van der Waals surface area contributed by atoms with E-state index in [0.29, 0.717) is 16.3 Å². The Bertz CT molecular complexity index is 1340. The van der Waals surface area contributed by atoms with Crippen molar-refractivity contribution in [1.29, 1.82) is 0 Å². The molecule has 0 atom stereocenters. The fraction of sp³-hybridized carbons (Fsp3) is 0.333. The highest BCUT2D eigenvalue weighted by Gasteiger charge is 2.33. The van der Waals surface area contributed by atoms with E-state index in [2.05, 4.69) is 4.98 Å². The molecular formula is C24H27N3O5S. The molecule has 0 unspecified atom stereocenters. The minimum Gasteiger partial charge on any atom is -0.463 e. The molecule has 2 aromatic heterocycles. The van der Waals surface area contributed by atoms with E-state index in [1.54, 1.807) is 18.2 Å². The number of aryl methyl sites for hydroxylation is 2. The normalized spacial score (nSPS) is 15.1. The summed E-state index contributed by atoms with van der Waals surface area (Å²) in [7, 11) is -3.70. The Morgan fingerprint density at radius 2 is 1.61 bits per heavy atom. The summed E-state index contributed by atoms with van der Waals surface area (Å²) in [6.45, 7) is 8.23. The molecule has 4 rings (SSSR count). The molecule has 0 radical (unpaired) electrons. The number of furan rings is 1. The van der Waals surface area contributed by atoms with E-state index in [-0.39, 0.29) is 31.7 Å². The van der Waals surface area contributed by atoms with Gasteiger partial charge in [0.2, 0.25) is 10.0 Å². The highest BCUT2D eigenvalue weighted by Crippen LogP contribution is 2.29. The number of aromatic amines is 1. The van der Waals surface area contributed by atoms with E-state index in [0.717, 1.165) is 22.3 Å². The largest absolute Gasteiger partial charge is 0.463 e. The van der Waals surface area contributed by atoms with E-state index >= 15 is 0 Å². The predicted octanol–water partition coefficient (Wildman–Crippen LogP) is 3.02. The van der Waals surface area contributed by atoms with Crippen molar-refractivity contribution in [1.82, 2.24) is 14.2 Å². The number of hydrogen-bond donors (Lipinski definition) is 1. The van der Waals surface area contributed by atoms with Crippen molar-refractivity contribution in [2.75, 3.05) is 26.2 Å². The van der Waals surface area contributed by atoms with E-state index < -0.39 is 21.5 Å². The van der Waals surface area contributed by atoms with E-state index in [9.17, 15) is 18.0 Å². The number of nitrogens with zero attached hydrogens (tertiary/aromatic N) is 2. The van der Waals surface area contributed by atoms with E-state index in [4.69, 9.17) is 4.42 Å². The molecule has 0 saturated carbocycles. The molecule has 9 heteroatoms. The number of sulfonamides is 1. The van der Waals surface area contributed by atoms with Gasteiger partial charge in [0.15, 0.2) is 0 Å². The average Bonchev–Trinajstić information content (AvgIpc) is 3.32. The Labute approximate surface area is 192 Å². The van der Waals surface area contributed by atoms with Crippen LogP contribution in [0.5, 0.6) is 0 Å². The lowest BCUT2D eigenvalue weighted by molar-refractivity contribution is 0.0696. The summed E-state index contributed by atoms with van der Waals surface area (Å²) in [6, 6.07) is 8.52. The van der Waals surface area contributed by atoms with Crippen LogP contribution in [0.2, 0.25) is 0 Å². The van der Waals surface area contributed by atoms with Crippen LogP contribution in [-0.2, 0) is 10.0 Å². The molecule has 1 aliphatic rings. The maximum atomic E-state index is 13.4. The molecule has 3 aromatic rings. The number of rotatable bonds is 4. The molecule has 1 aliphatic heterocycles. The van der Waals surface area contributed by atoms with Gasteiger partial charge in [-0.3, -0.25) is 9.59 Å². The van der Waals surface area contributed by atoms with Gasteiger partial charge >= 0.3 is 0 Å². The van der Waals surface area contributed by atoms with Crippen LogP contribution >= 0.6 is 0 Å². The Hall–Kier alpha value is -3.17. The van der Waals surface area contributed by atoms with Gasteiger partial charge in [-0.05, 0) is 74.2 Å². The third kappa shape index (κ3) is 4.14. The molecule has 1 N–H and O–H groups in total. The van der Waals surface area contributed by atoms with Crippen molar-refractivity contribution < 1.29 is 17.6 Å². The molecule has 1 amide bonds. The predicted molar refractivity (Wildman–Crippen MR) is 125 cm³/mol. The van der Waals surface area contributed by atoms with E-state index in [1.165, 1.54) is 21.5 Å². The number of nitrogens with one attached hydrogen (secondary N) is 1. The Balaban J connectivity index is 1.52. The number of piperazine rings is 1. The van der Waals surface area contributed by atoms with Crippen LogP contribution < -0.4 is 5.56 Å². The first kappa shape index (κ1) is 23.0. The van der Waals surface area contributed by atoms with Crippen LogP contribution in [0.4, 0.5) is 0 Å². The zero-order chi connectivity index (χ0) is 23.9. The smallest absolute Gasteiger partial charge is 0.261 e. The lowest BCUT2D eigenvalue weighted by Gasteiger charge is -2.34. The quantitative estimate of drug-likeness (QED) is 0.633. The summed E-state index contributed by atoms with van der Waals surface area (Å²) in [5, 5.41) is 0. The van der Waals surface area contributed by atoms with Crippen molar-refractivity contribution in [2.24, 2.45) is 0 Å². The van der Waals surface area contributed by atoms with Gasteiger partial charge in [0.1, 0.15) is 11.3 Å². The number of H-pyrrole nitrogens is 1. The van der Waals surface area contributed by atoms with Gasteiger partial charge in [0.25, 0.3) is 11.5 Å². The lowest BCUT2D eigenvalue weighted by atomic mass is 10.0. The number of amides is 1. The number of carbonyl (C=O) groups excluding carboxylic acids is 1. The van der Waals surface area contributed by atoms with Gasteiger partial charge in [-0.2, -0.15) is 4.31 Å². The standard InChI is InChI=1S/C24H27N3O5S/c1-15-14-16(2)18(4)22(17(15)3)33(30,31)27-11-9-26(10-12-27)24(29)19-7-8-20(25-23(19)28)21-6-5-13-32-21/h5-8,13-14H,9-12H2,1-4H3,(H,25,28). The van der Waals surface area contributed by atoms with Gasteiger partial charge in [-0.25, -0.2) is 8.42 Å². The molecule has 8 nitrogen and oxygen atoms in total. The number of pyridine rings is 1. The minimum atomic E-state index is -3.70. The maximum Gasteiger partial charge on any atom is 0.261 e. The van der Waals surface area contributed by atoms with Gasteiger partial charge in [-0.15, -0.1) is 0 Å². The highest BCUT2D eigenvalue weighted by atomic mass is 32.2.